The largest absolute Gasteiger partial charge is 0.348 e. The number of rotatable bonds is 6. The van der Waals surface area contributed by atoms with Gasteiger partial charge in [-0.3, -0.25) is 14.6 Å². The van der Waals surface area contributed by atoms with E-state index >= 15 is 0 Å². The monoisotopic (exact) mass is 357 g/mol. The molecular formula is C21H19N5O. The molecule has 6 nitrogen and oxygen atoms in total. The van der Waals surface area contributed by atoms with Gasteiger partial charge in [0.05, 0.1) is 12.2 Å². The second kappa shape index (κ2) is 7.70. The second-order valence-electron chi connectivity index (χ2n) is 6.25. The van der Waals surface area contributed by atoms with Crippen LogP contribution in [0.5, 0.6) is 0 Å². The first-order chi connectivity index (χ1) is 13.3. The highest BCUT2D eigenvalue weighted by Gasteiger charge is 2.06. The summed E-state index contributed by atoms with van der Waals surface area (Å²) in [6, 6.07) is 19.4. The molecular weight excluding hydrogens is 338 g/mol. The molecule has 4 rings (SSSR count). The van der Waals surface area contributed by atoms with Crippen LogP contribution in [0.3, 0.4) is 0 Å². The van der Waals surface area contributed by atoms with Crippen molar-refractivity contribution in [3.8, 4) is 11.3 Å². The first-order valence-electron chi connectivity index (χ1n) is 8.71. The van der Waals surface area contributed by atoms with Gasteiger partial charge in [0.25, 0.3) is 5.91 Å². The van der Waals surface area contributed by atoms with E-state index in [1.807, 2.05) is 71.5 Å². The quantitative estimate of drug-likeness (QED) is 0.556. The lowest BCUT2D eigenvalue weighted by Gasteiger charge is -2.07. The number of amides is 1. The molecule has 0 fully saturated rings. The van der Waals surface area contributed by atoms with E-state index < -0.39 is 0 Å². The minimum absolute atomic E-state index is 0.0849. The molecule has 1 amide bonds. The molecule has 0 aliphatic carbocycles. The molecule has 0 unspecified atom stereocenters. The topological polar surface area (TPSA) is 75.6 Å². The molecule has 0 aliphatic rings. The van der Waals surface area contributed by atoms with Crippen LogP contribution in [-0.2, 0) is 13.1 Å². The Balaban J connectivity index is 1.33. The molecule has 0 spiro atoms. The highest BCUT2D eigenvalue weighted by molar-refractivity contribution is 5.94. The molecule has 0 radical (unpaired) electrons. The van der Waals surface area contributed by atoms with Crippen molar-refractivity contribution in [2.45, 2.75) is 13.1 Å². The van der Waals surface area contributed by atoms with Crippen LogP contribution in [-0.4, -0.2) is 25.9 Å². The molecule has 27 heavy (non-hydrogen) atoms. The van der Waals surface area contributed by atoms with Gasteiger partial charge in [-0.1, -0.05) is 36.4 Å². The van der Waals surface area contributed by atoms with Crippen LogP contribution in [0.25, 0.3) is 11.3 Å². The minimum atomic E-state index is -0.0849. The number of nitrogens with zero attached hydrogens (tertiary/aromatic N) is 3. The molecule has 2 aromatic heterocycles. The minimum Gasteiger partial charge on any atom is -0.348 e. The lowest BCUT2D eigenvalue weighted by atomic mass is 10.1. The van der Waals surface area contributed by atoms with E-state index in [0.717, 1.165) is 22.4 Å². The Morgan fingerprint density at radius 3 is 2.41 bits per heavy atom. The number of hydrogen-bond acceptors (Lipinski definition) is 3. The highest BCUT2D eigenvalue weighted by atomic mass is 16.1. The van der Waals surface area contributed by atoms with Crippen LogP contribution in [0.2, 0.25) is 0 Å². The van der Waals surface area contributed by atoms with E-state index in [4.69, 9.17) is 0 Å². The van der Waals surface area contributed by atoms with E-state index in [1.165, 1.54) is 0 Å². The van der Waals surface area contributed by atoms with Gasteiger partial charge in [-0.25, -0.2) is 0 Å². The van der Waals surface area contributed by atoms with Crippen molar-refractivity contribution in [3.63, 3.8) is 0 Å². The third kappa shape index (κ3) is 4.12. The summed E-state index contributed by atoms with van der Waals surface area (Å²) in [5.41, 5.74) is 4.83. The van der Waals surface area contributed by atoms with Crippen LogP contribution in [0.4, 0.5) is 0 Å². The Labute approximate surface area is 156 Å². The van der Waals surface area contributed by atoms with Crippen molar-refractivity contribution in [3.05, 3.63) is 95.9 Å². The smallest absolute Gasteiger partial charge is 0.251 e. The molecule has 2 aromatic carbocycles. The van der Waals surface area contributed by atoms with Gasteiger partial charge in [0.1, 0.15) is 0 Å². The predicted octanol–water partition coefficient (Wildman–Crippen LogP) is 3.25. The van der Waals surface area contributed by atoms with Crippen molar-refractivity contribution in [2.75, 3.05) is 0 Å². The normalized spacial score (nSPS) is 10.7. The van der Waals surface area contributed by atoms with E-state index in [9.17, 15) is 4.79 Å². The van der Waals surface area contributed by atoms with Crippen LogP contribution in [0.15, 0.2) is 79.3 Å². The zero-order valence-electron chi connectivity index (χ0n) is 14.7. The summed E-state index contributed by atoms with van der Waals surface area (Å²) < 4.78 is 1.85. The molecule has 2 N–H and O–H groups in total. The number of benzene rings is 2. The fraction of sp³-hybridized carbons (Fsp3) is 0.0952. The van der Waals surface area contributed by atoms with Gasteiger partial charge in [-0.15, -0.1) is 0 Å². The van der Waals surface area contributed by atoms with E-state index in [0.29, 0.717) is 18.7 Å². The number of nitrogens with one attached hydrogen (secondary N) is 2. The van der Waals surface area contributed by atoms with Crippen LogP contribution in [0.1, 0.15) is 21.5 Å². The lowest BCUT2D eigenvalue weighted by molar-refractivity contribution is 0.0951. The fourth-order valence-corrected chi connectivity index (χ4v) is 2.85. The zero-order valence-corrected chi connectivity index (χ0v) is 14.7. The number of hydrogen-bond donors (Lipinski definition) is 2. The van der Waals surface area contributed by atoms with Crippen molar-refractivity contribution < 1.29 is 4.79 Å². The van der Waals surface area contributed by atoms with Crippen molar-refractivity contribution in [2.24, 2.45) is 0 Å². The van der Waals surface area contributed by atoms with E-state index in [-0.39, 0.29) is 5.91 Å². The first-order valence-corrected chi connectivity index (χ1v) is 8.71. The summed E-state index contributed by atoms with van der Waals surface area (Å²) >= 11 is 0. The Morgan fingerprint density at radius 2 is 1.74 bits per heavy atom. The summed E-state index contributed by atoms with van der Waals surface area (Å²) in [6.07, 6.45) is 5.39. The number of aromatic amines is 1. The Hall–Kier alpha value is -3.67. The molecule has 134 valence electrons. The van der Waals surface area contributed by atoms with Crippen LogP contribution in [0, 0.1) is 0 Å². The Morgan fingerprint density at radius 1 is 0.963 bits per heavy atom. The summed E-state index contributed by atoms with van der Waals surface area (Å²) in [5, 5.41) is 14.0. The zero-order chi connectivity index (χ0) is 18.5. The standard InChI is InChI=1S/C21H19N5O/c27-21(19-8-4-17(5-9-19)15-26-13-1-11-24-26)22-14-16-2-6-18(7-3-16)20-10-12-23-25-20/h1-13H,14-15H2,(H,22,27)(H,23,25). The predicted molar refractivity (Wildman–Crippen MR) is 103 cm³/mol. The maximum absolute atomic E-state index is 12.4. The Bertz CT molecular complexity index is 988. The van der Waals surface area contributed by atoms with Gasteiger partial charge in [0.15, 0.2) is 0 Å². The SMILES string of the molecule is O=C(NCc1ccc(-c2ccn[nH]2)cc1)c1ccc(Cn2cccn2)cc1. The van der Waals surface area contributed by atoms with Crippen LogP contribution < -0.4 is 5.32 Å². The molecule has 0 saturated heterocycles. The maximum Gasteiger partial charge on any atom is 0.251 e. The summed E-state index contributed by atoms with van der Waals surface area (Å²) in [5.74, 6) is -0.0849. The third-order valence-electron chi connectivity index (χ3n) is 4.34. The van der Waals surface area contributed by atoms with Gasteiger partial charge in [-0.2, -0.15) is 10.2 Å². The van der Waals surface area contributed by atoms with Gasteiger partial charge in [0.2, 0.25) is 0 Å². The molecule has 0 saturated carbocycles. The van der Waals surface area contributed by atoms with Crippen molar-refractivity contribution >= 4 is 5.91 Å². The lowest BCUT2D eigenvalue weighted by Crippen LogP contribution is -2.22. The molecule has 4 aromatic rings. The third-order valence-corrected chi connectivity index (χ3v) is 4.34. The van der Waals surface area contributed by atoms with Gasteiger partial charge >= 0.3 is 0 Å². The number of carbonyl (C=O) groups is 1. The van der Waals surface area contributed by atoms with Gasteiger partial charge < -0.3 is 5.32 Å². The Kier molecular flexibility index (Phi) is 4.78. The molecule has 2 heterocycles. The number of carbonyl (C=O) groups excluding carboxylic acids is 1. The molecule has 6 heteroatoms. The molecule has 0 aliphatic heterocycles. The maximum atomic E-state index is 12.4. The van der Waals surface area contributed by atoms with Crippen LogP contribution >= 0.6 is 0 Å². The first kappa shape index (κ1) is 16.8. The van der Waals surface area contributed by atoms with E-state index in [1.54, 1.807) is 12.4 Å². The molecule has 0 bridgehead atoms. The van der Waals surface area contributed by atoms with Crippen molar-refractivity contribution in [1.82, 2.24) is 25.3 Å². The molecule has 0 atom stereocenters. The summed E-state index contributed by atoms with van der Waals surface area (Å²) in [4.78, 5) is 12.4. The second-order valence-corrected chi connectivity index (χ2v) is 6.25. The highest BCUT2D eigenvalue weighted by Crippen LogP contribution is 2.16. The van der Waals surface area contributed by atoms with E-state index in [2.05, 4.69) is 20.6 Å². The number of aromatic nitrogens is 4. The van der Waals surface area contributed by atoms with Gasteiger partial charge in [0, 0.05) is 30.7 Å². The number of H-pyrrole nitrogens is 1. The average molecular weight is 357 g/mol. The fourth-order valence-electron chi connectivity index (χ4n) is 2.85. The average Bonchev–Trinajstić information content (AvgIpc) is 3.41. The summed E-state index contributed by atoms with van der Waals surface area (Å²) in [7, 11) is 0. The van der Waals surface area contributed by atoms with Crippen molar-refractivity contribution in [1.29, 1.82) is 0 Å². The summed E-state index contributed by atoms with van der Waals surface area (Å²) in [6.45, 7) is 1.18. The van der Waals surface area contributed by atoms with Gasteiger partial charge in [-0.05, 0) is 41.0 Å².